The van der Waals surface area contributed by atoms with Crippen molar-refractivity contribution in [3.8, 4) is 10.4 Å². The van der Waals surface area contributed by atoms with Crippen molar-refractivity contribution < 1.29 is 9.90 Å². The number of carboxylic acids is 1. The molecule has 0 saturated heterocycles. The van der Waals surface area contributed by atoms with E-state index in [0.717, 1.165) is 16.1 Å². The van der Waals surface area contributed by atoms with Gasteiger partial charge in [-0.3, -0.25) is 14.2 Å². The Balaban J connectivity index is 2.35. The first-order valence-corrected chi connectivity index (χ1v) is 7.85. The van der Waals surface area contributed by atoms with E-state index in [1.165, 1.54) is 22.0 Å². The fourth-order valence-corrected chi connectivity index (χ4v) is 3.28. The summed E-state index contributed by atoms with van der Waals surface area (Å²) in [6, 6.07) is 9.34. The number of carbonyl (C=O) groups is 1. The largest absolute Gasteiger partial charge is 0.481 e. The van der Waals surface area contributed by atoms with E-state index < -0.39 is 5.97 Å². The zero-order valence-electron chi connectivity index (χ0n) is 12.3. The summed E-state index contributed by atoms with van der Waals surface area (Å²) in [4.78, 5) is 25.5. The first-order valence-electron chi connectivity index (χ1n) is 6.63. The Hall–Kier alpha value is -1.99. The number of nitrogens with zero attached hydrogens (tertiary/aromatic N) is 2. The van der Waals surface area contributed by atoms with Crippen molar-refractivity contribution in [3.05, 3.63) is 44.6 Å². The highest BCUT2D eigenvalue weighted by Gasteiger charge is 2.07. The van der Waals surface area contributed by atoms with E-state index in [1.54, 1.807) is 0 Å². The second-order valence-electron chi connectivity index (χ2n) is 4.95. The lowest BCUT2D eigenvalue weighted by atomic mass is 10.1. The third kappa shape index (κ3) is 3.80. The van der Waals surface area contributed by atoms with Crippen molar-refractivity contribution in [1.82, 2.24) is 4.57 Å². The summed E-state index contributed by atoms with van der Waals surface area (Å²) >= 11 is 6.54. The van der Waals surface area contributed by atoms with Crippen LogP contribution in [0.15, 0.2) is 35.1 Å². The van der Waals surface area contributed by atoms with Gasteiger partial charge in [0.15, 0.2) is 3.95 Å². The minimum atomic E-state index is -0.949. The van der Waals surface area contributed by atoms with Gasteiger partial charge in [0.25, 0.3) is 5.56 Å². The summed E-state index contributed by atoms with van der Waals surface area (Å²) in [5.41, 5.74) is 1.73. The number of aliphatic carboxylic acids is 1. The molecule has 2 aromatic rings. The maximum absolute atomic E-state index is 12.1. The van der Waals surface area contributed by atoms with Gasteiger partial charge in [0.2, 0.25) is 0 Å². The molecule has 0 atom stereocenters. The zero-order valence-corrected chi connectivity index (χ0v) is 13.9. The second kappa shape index (κ2) is 6.85. The van der Waals surface area contributed by atoms with E-state index in [2.05, 4.69) is 0 Å². The Morgan fingerprint density at radius 3 is 2.45 bits per heavy atom. The number of carboxylic acid groups (broad SMARTS) is 1. The van der Waals surface area contributed by atoms with Gasteiger partial charge in [0, 0.05) is 37.3 Å². The Morgan fingerprint density at radius 1 is 1.32 bits per heavy atom. The van der Waals surface area contributed by atoms with Crippen LogP contribution < -0.4 is 10.5 Å². The van der Waals surface area contributed by atoms with E-state index in [0.29, 0.717) is 3.95 Å². The fraction of sp³-hybridized carbons (Fsp3) is 0.267. The number of rotatable bonds is 5. The lowest BCUT2D eigenvalue weighted by Gasteiger charge is -2.12. The highest BCUT2D eigenvalue weighted by Crippen LogP contribution is 2.25. The molecule has 1 aromatic carbocycles. The van der Waals surface area contributed by atoms with Gasteiger partial charge in [-0.15, -0.1) is 11.3 Å². The molecule has 0 aliphatic rings. The van der Waals surface area contributed by atoms with Crippen LogP contribution in [0.25, 0.3) is 10.4 Å². The van der Waals surface area contributed by atoms with Crippen molar-refractivity contribution in [2.24, 2.45) is 0 Å². The van der Waals surface area contributed by atoms with Crippen LogP contribution >= 0.6 is 23.6 Å². The molecule has 0 bridgehead atoms. The van der Waals surface area contributed by atoms with Crippen molar-refractivity contribution in [2.75, 3.05) is 19.0 Å². The van der Waals surface area contributed by atoms with Crippen LogP contribution in [0.1, 0.15) is 6.42 Å². The van der Waals surface area contributed by atoms with Crippen molar-refractivity contribution in [3.63, 3.8) is 0 Å². The van der Waals surface area contributed by atoms with Crippen molar-refractivity contribution >= 4 is 35.2 Å². The molecule has 0 radical (unpaired) electrons. The second-order valence-corrected chi connectivity index (χ2v) is 6.63. The van der Waals surface area contributed by atoms with E-state index in [1.807, 2.05) is 43.3 Å². The molecule has 0 aliphatic heterocycles. The molecular formula is C15H16N2O3S2. The molecule has 0 unspecified atom stereocenters. The quantitative estimate of drug-likeness (QED) is 0.851. The highest BCUT2D eigenvalue weighted by atomic mass is 32.1. The van der Waals surface area contributed by atoms with Gasteiger partial charge in [-0.05, 0) is 29.9 Å². The third-order valence-electron chi connectivity index (χ3n) is 3.16. The van der Waals surface area contributed by atoms with Crippen LogP contribution in [0.5, 0.6) is 0 Å². The Kier molecular flexibility index (Phi) is 5.10. The molecule has 1 N–H and O–H groups in total. The number of aromatic nitrogens is 1. The van der Waals surface area contributed by atoms with E-state index >= 15 is 0 Å². The predicted molar refractivity (Wildman–Crippen MR) is 91.4 cm³/mol. The maximum Gasteiger partial charge on any atom is 0.305 e. The molecule has 1 heterocycles. The Bertz CT molecular complexity index is 760. The summed E-state index contributed by atoms with van der Waals surface area (Å²) in [5, 5.41) is 8.71. The van der Waals surface area contributed by atoms with Gasteiger partial charge in [-0.1, -0.05) is 12.1 Å². The Morgan fingerprint density at radius 2 is 1.95 bits per heavy atom. The van der Waals surface area contributed by atoms with Gasteiger partial charge in [-0.2, -0.15) is 0 Å². The zero-order chi connectivity index (χ0) is 16.3. The van der Waals surface area contributed by atoms with Crippen LogP contribution in [-0.4, -0.2) is 29.7 Å². The SMILES string of the molecule is CN(C)c1ccc(-c2cc(=O)n(CCC(=O)O)c(=S)s2)cc1. The third-order valence-corrected chi connectivity index (χ3v) is 4.59. The minimum Gasteiger partial charge on any atom is -0.481 e. The average Bonchev–Trinajstić information content (AvgIpc) is 2.46. The van der Waals surface area contributed by atoms with Crippen LogP contribution in [0.2, 0.25) is 0 Å². The minimum absolute atomic E-state index is 0.101. The van der Waals surface area contributed by atoms with Crippen LogP contribution in [-0.2, 0) is 11.3 Å². The highest BCUT2D eigenvalue weighted by molar-refractivity contribution is 7.73. The van der Waals surface area contributed by atoms with Gasteiger partial charge in [0.05, 0.1) is 6.42 Å². The number of hydrogen-bond acceptors (Lipinski definition) is 5. The maximum atomic E-state index is 12.1. The number of benzene rings is 1. The molecule has 0 spiro atoms. The molecule has 0 amide bonds. The summed E-state index contributed by atoms with van der Waals surface area (Å²) in [7, 11) is 3.92. The smallest absolute Gasteiger partial charge is 0.305 e. The average molecular weight is 336 g/mol. The summed E-state index contributed by atoms with van der Waals surface area (Å²) in [5.74, 6) is -0.949. The lowest BCUT2D eigenvalue weighted by molar-refractivity contribution is -0.137. The summed E-state index contributed by atoms with van der Waals surface area (Å²) in [6.45, 7) is 0.101. The molecule has 0 saturated carbocycles. The first-order chi connectivity index (χ1) is 10.4. The lowest BCUT2D eigenvalue weighted by Crippen LogP contribution is -2.20. The molecule has 2 rings (SSSR count). The fourth-order valence-electron chi connectivity index (χ4n) is 1.93. The van der Waals surface area contributed by atoms with Gasteiger partial charge < -0.3 is 10.0 Å². The normalized spacial score (nSPS) is 10.5. The summed E-state index contributed by atoms with van der Waals surface area (Å²) in [6.07, 6.45) is -0.118. The molecule has 5 nitrogen and oxygen atoms in total. The van der Waals surface area contributed by atoms with E-state index in [-0.39, 0.29) is 18.5 Å². The van der Waals surface area contributed by atoms with Crippen molar-refractivity contribution in [1.29, 1.82) is 0 Å². The molecule has 22 heavy (non-hydrogen) atoms. The topological polar surface area (TPSA) is 62.5 Å². The standard InChI is InChI=1S/C15H16N2O3S2/c1-16(2)11-5-3-10(4-6-11)12-9-13(18)17(15(21)22-12)8-7-14(19)20/h3-6,9H,7-8H2,1-2H3,(H,19,20). The molecule has 7 heteroatoms. The van der Waals surface area contributed by atoms with Crippen LogP contribution in [0.4, 0.5) is 5.69 Å². The Labute approximate surface area is 137 Å². The van der Waals surface area contributed by atoms with Crippen molar-refractivity contribution in [2.45, 2.75) is 13.0 Å². The predicted octanol–water partition coefficient (Wildman–Crippen LogP) is 2.85. The van der Waals surface area contributed by atoms with E-state index in [4.69, 9.17) is 17.3 Å². The van der Waals surface area contributed by atoms with Gasteiger partial charge in [0.1, 0.15) is 0 Å². The van der Waals surface area contributed by atoms with Gasteiger partial charge >= 0.3 is 5.97 Å². The monoisotopic (exact) mass is 336 g/mol. The van der Waals surface area contributed by atoms with Crippen LogP contribution in [0.3, 0.4) is 0 Å². The number of hydrogen-bond donors (Lipinski definition) is 1. The number of anilines is 1. The molecular weight excluding hydrogens is 320 g/mol. The van der Waals surface area contributed by atoms with Gasteiger partial charge in [-0.25, -0.2) is 0 Å². The first kappa shape index (κ1) is 16.4. The molecule has 0 fully saturated rings. The van der Waals surface area contributed by atoms with E-state index in [9.17, 15) is 9.59 Å². The molecule has 0 aliphatic carbocycles. The van der Waals surface area contributed by atoms with Crippen LogP contribution in [0, 0.1) is 3.95 Å². The molecule has 1 aromatic heterocycles. The summed E-state index contributed by atoms with van der Waals surface area (Å²) < 4.78 is 1.71. The molecule has 116 valence electrons.